The van der Waals surface area contributed by atoms with Gasteiger partial charge >= 0.3 is 0 Å². The van der Waals surface area contributed by atoms with E-state index >= 15 is 0 Å². The molecule has 0 aliphatic carbocycles. The van der Waals surface area contributed by atoms with Crippen molar-refractivity contribution in [1.29, 1.82) is 0 Å². The molecule has 0 aromatic carbocycles. The molecule has 0 spiro atoms. The van der Waals surface area contributed by atoms with Crippen molar-refractivity contribution in [3.8, 4) is 0 Å². The van der Waals surface area contributed by atoms with Gasteiger partial charge in [-0.25, -0.2) is 8.42 Å². The summed E-state index contributed by atoms with van der Waals surface area (Å²) >= 11 is 1.56. The zero-order valence-corrected chi connectivity index (χ0v) is 13.1. The highest BCUT2D eigenvalue weighted by atomic mass is 32.2. The highest BCUT2D eigenvalue weighted by Crippen LogP contribution is 2.37. The molecule has 1 aromatic heterocycles. The Morgan fingerprint density at radius 1 is 1.37 bits per heavy atom. The lowest BCUT2D eigenvalue weighted by molar-refractivity contribution is 0.360. The van der Waals surface area contributed by atoms with E-state index < -0.39 is 10.0 Å². The molecule has 0 bridgehead atoms. The molecule has 3 unspecified atom stereocenters. The van der Waals surface area contributed by atoms with E-state index in [-0.39, 0.29) is 6.04 Å². The first-order chi connectivity index (χ1) is 8.91. The Kier molecular flexibility index (Phi) is 3.24. The van der Waals surface area contributed by atoms with Crippen LogP contribution in [0.4, 0.5) is 0 Å². The van der Waals surface area contributed by atoms with Crippen molar-refractivity contribution in [2.45, 2.75) is 31.7 Å². The van der Waals surface area contributed by atoms with Crippen LogP contribution >= 0.6 is 11.3 Å². The highest BCUT2D eigenvalue weighted by molar-refractivity contribution is 7.89. The first-order valence-electron chi connectivity index (χ1n) is 6.71. The number of sulfonamides is 1. The molecule has 2 fully saturated rings. The third-order valence-corrected chi connectivity index (χ3v) is 7.64. The van der Waals surface area contributed by atoms with E-state index in [2.05, 4.69) is 5.32 Å². The van der Waals surface area contributed by atoms with Gasteiger partial charge in [0.15, 0.2) is 0 Å². The fourth-order valence-electron chi connectivity index (χ4n) is 3.44. The van der Waals surface area contributed by atoms with Gasteiger partial charge < -0.3 is 5.32 Å². The number of rotatable bonds is 2. The van der Waals surface area contributed by atoms with E-state index in [1.165, 1.54) is 0 Å². The molecule has 4 nitrogen and oxygen atoms in total. The fraction of sp³-hybridized carbons (Fsp3) is 0.692. The van der Waals surface area contributed by atoms with Gasteiger partial charge in [0.25, 0.3) is 0 Å². The van der Waals surface area contributed by atoms with Crippen molar-refractivity contribution in [2.75, 3.05) is 19.6 Å². The van der Waals surface area contributed by atoms with Crippen LogP contribution in [0.25, 0.3) is 0 Å². The Bertz CT molecular complexity index is 594. The van der Waals surface area contributed by atoms with Crippen molar-refractivity contribution in [2.24, 2.45) is 11.8 Å². The van der Waals surface area contributed by atoms with Crippen LogP contribution in [0.1, 0.15) is 16.7 Å². The lowest BCUT2D eigenvalue weighted by atomic mass is 9.95. The molecule has 2 aliphatic rings. The first-order valence-corrected chi connectivity index (χ1v) is 8.96. The zero-order valence-electron chi connectivity index (χ0n) is 11.5. The monoisotopic (exact) mass is 300 g/mol. The van der Waals surface area contributed by atoms with Gasteiger partial charge in [-0.05, 0) is 51.8 Å². The maximum absolute atomic E-state index is 12.8. The molecule has 6 heteroatoms. The van der Waals surface area contributed by atoms with E-state index in [9.17, 15) is 8.42 Å². The van der Waals surface area contributed by atoms with Crippen LogP contribution in [0.2, 0.25) is 0 Å². The Hall–Kier alpha value is -0.430. The molecule has 106 valence electrons. The minimum Gasteiger partial charge on any atom is -0.316 e. The Morgan fingerprint density at radius 3 is 2.68 bits per heavy atom. The number of hydrogen-bond acceptors (Lipinski definition) is 4. The Morgan fingerprint density at radius 2 is 2.11 bits per heavy atom. The summed E-state index contributed by atoms with van der Waals surface area (Å²) in [6.07, 6.45) is 0. The van der Waals surface area contributed by atoms with Gasteiger partial charge in [0.1, 0.15) is 0 Å². The van der Waals surface area contributed by atoms with Crippen LogP contribution in [-0.2, 0) is 10.0 Å². The molecule has 0 saturated carbocycles. The number of fused-ring (bicyclic) bond motifs is 1. The number of aryl methyl sites for hydroxylation is 2. The average molecular weight is 300 g/mol. The highest BCUT2D eigenvalue weighted by Gasteiger charge is 2.47. The van der Waals surface area contributed by atoms with Crippen LogP contribution < -0.4 is 5.32 Å². The molecule has 19 heavy (non-hydrogen) atoms. The van der Waals surface area contributed by atoms with E-state index in [4.69, 9.17) is 0 Å². The van der Waals surface area contributed by atoms with Gasteiger partial charge in [0.2, 0.25) is 10.0 Å². The smallest absolute Gasteiger partial charge is 0.244 e. The molecule has 2 saturated heterocycles. The van der Waals surface area contributed by atoms with Gasteiger partial charge in [-0.2, -0.15) is 4.31 Å². The molecular formula is C13H20N2O2S2. The lowest BCUT2D eigenvalue weighted by Gasteiger charge is -2.23. The lowest BCUT2D eigenvalue weighted by Crippen LogP contribution is -2.38. The van der Waals surface area contributed by atoms with Crippen LogP contribution in [0, 0.1) is 25.7 Å². The van der Waals surface area contributed by atoms with Gasteiger partial charge in [0.05, 0.1) is 4.90 Å². The second kappa shape index (κ2) is 4.55. The molecule has 1 aromatic rings. The van der Waals surface area contributed by atoms with Gasteiger partial charge in [0, 0.05) is 22.3 Å². The zero-order chi connectivity index (χ0) is 13.8. The molecule has 0 amide bonds. The number of hydrogen-bond donors (Lipinski definition) is 1. The van der Waals surface area contributed by atoms with Gasteiger partial charge in [-0.15, -0.1) is 11.3 Å². The molecule has 3 heterocycles. The number of thiophene rings is 1. The maximum atomic E-state index is 12.8. The van der Waals surface area contributed by atoms with Crippen molar-refractivity contribution < 1.29 is 8.42 Å². The standard InChI is InChI=1S/C13H20N2O2S2/c1-8-4-13(10(3)18-8)19(16,17)15-7-11-5-14-6-12(11)9(15)2/h4,9,11-12,14H,5-7H2,1-3H3. The maximum Gasteiger partial charge on any atom is 0.244 e. The largest absolute Gasteiger partial charge is 0.316 e. The number of nitrogens with zero attached hydrogens (tertiary/aromatic N) is 1. The first kappa shape index (κ1) is 13.5. The predicted molar refractivity (Wildman–Crippen MR) is 77.0 cm³/mol. The number of nitrogens with one attached hydrogen (secondary N) is 1. The summed E-state index contributed by atoms with van der Waals surface area (Å²) in [5.41, 5.74) is 0. The van der Waals surface area contributed by atoms with Crippen molar-refractivity contribution in [3.05, 3.63) is 15.8 Å². The Balaban J connectivity index is 1.96. The third kappa shape index (κ3) is 2.05. The summed E-state index contributed by atoms with van der Waals surface area (Å²) in [5.74, 6) is 0.944. The van der Waals surface area contributed by atoms with Crippen LogP contribution in [0.5, 0.6) is 0 Å². The molecule has 3 rings (SSSR count). The molecule has 3 atom stereocenters. The second-order valence-corrected chi connectivity index (χ2v) is 8.99. The SMILES string of the molecule is Cc1cc(S(=O)(=O)N2CC3CNCC3C2C)c(C)s1. The van der Waals surface area contributed by atoms with Gasteiger partial charge in [-0.1, -0.05) is 0 Å². The van der Waals surface area contributed by atoms with E-state index in [0.29, 0.717) is 23.3 Å². The summed E-state index contributed by atoms with van der Waals surface area (Å²) < 4.78 is 27.4. The minimum atomic E-state index is -3.32. The summed E-state index contributed by atoms with van der Waals surface area (Å²) in [6.45, 7) is 8.46. The van der Waals surface area contributed by atoms with E-state index in [1.54, 1.807) is 15.6 Å². The normalized spacial score (nSPS) is 31.8. The van der Waals surface area contributed by atoms with Crippen molar-refractivity contribution in [1.82, 2.24) is 9.62 Å². The topological polar surface area (TPSA) is 49.4 Å². The minimum absolute atomic E-state index is 0.101. The predicted octanol–water partition coefficient (Wildman–Crippen LogP) is 1.59. The van der Waals surface area contributed by atoms with Crippen molar-refractivity contribution >= 4 is 21.4 Å². The van der Waals surface area contributed by atoms with Crippen LogP contribution in [0.15, 0.2) is 11.0 Å². The molecule has 2 aliphatic heterocycles. The average Bonchev–Trinajstić information content (AvgIpc) is 2.97. The molecule has 1 N–H and O–H groups in total. The summed E-state index contributed by atoms with van der Waals surface area (Å²) in [5, 5.41) is 3.36. The van der Waals surface area contributed by atoms with Crippen molar-refractivity contribution in [3.63, 3.8) is 0 Å². The van der Waals surface area contributed by atoms with E-state index in [0.717, 1.165) is 22.8 Å². The Labute approximate surface area is 118 Å². The van der Waals surface area contributed by atoms with Crippen LogP contribution in [0.3, 0.4) is 0 Å². The summed E-state index contributed by atoms with van der Waals surface area (Å²) in [4.78, 5) is 2.47. The fourth-order valence-corrected chi connectivity index (χ4v) is 6.69. The quantitative estimate of drug-likeness (QED) is 0.902. The summed E-state index contributed by atoms with van der Waals surface area (Å²) in [6, 6.07) is 1.92. The molecule has 0 radical (unpaired) electrons. The molecular weight excluding hydrogens is 280 g/mol. The van der Waals surface area contributed by atoms with E-state index in [1.807, 2.05) is 26.8 Å². The van der Waals surface area contributed by atoms with Crippen LogP contribution in [-0.4, -0.2) is 38.4 Å². The van der Waals surface area contributed by atoms with Gasteiger partial charge in [-0.3, -0.25) is 0 Å². The third-order valence-electron chi connectivity index (χ3n) is 4.46. The summed E-state index contributed by atoms with van der Waals surface area (Å²) in [7, 11) is -3.32. The second-order valence-electron chi connectivity index (χ2n) is 5.67.